The Balaban J connectivity index is 2.69. The number of hydrogen-bond acceptors (Lipinski definition) is 6. The van der Waals surface area contributed by atoms with Crippen molar-refractivity contribution < 1.29 is 28.5 Å². The van der Waals surface area contributed by atoms with Crippen molar-refractivity contribution in [2.24, 2.45) is 0 Å². The Morgan fingerprint density at radius 3 is 1.50 bits per heavy atom. The Bertz CT molecular complexity index is 282. The van der Waals surface area contributed by atoms with Crippen LogP contribution in [0.15, 0.2) is 0 Å². The predicted octanol–water partition coefficient (Wildman–Crippen LogP) is 1.02. The Morgan fingerprint density at radius 2 is 1.22 bits per heavy atom. The van der Waals surface area contributed by atoms with Crippen molar-refractivity contribution in [2.45, 2.75) is 65.3 Å². The molecular formula is C12H20O6. The summed E-state index contributed by atoms with van der Waals surface area (Å²) in [7, 11) is 0. The molecule has 6 heteroatoms. The van der Waals surface area contributed by atoms with Gasteiger partial charge in [-0.15, -0.1) is 0 Å². The molecule has 1 saturated heterocycles. The van der Waals surface area contributed by atoms with Crippen LogP contribution in [-0.4, -0.2) is 42.6 Å². The van der Waals surface area contributed by atoms with Crippen molar-refractivity contribution in [3.8, 4) is 0 Å². The van der Waals surface area contributed by atoms with E-state index in [2.05, 4.69) is 0 Å². The summed E-state index contributed by atoms with van der Waals surface area (Å²) in [6.07, 6.45) is -3.32. The minimum atomic E-state index is -1.06. The fraction of sp³-hybridized carbons (Fsp3) is 0.833. The molecule has 1 aliphatic heterocycles. The third kappa shape index (κ3) is 3.96. The van der Waals surface area contributed by atoms with E-state index >= 15 is 0 Å². The lowest BCUT2D eigenvalue weighted by atomic mass is 10.2. The molecule has 0 aromatic rings. The maximum Gasteiger partial charge on any atom is 0.339 e. The van der Waals surface area contributed by atoms with Gasteiger partial charge in [-0.1, -0.05) is 0 Å². The Morgan fingerprint density at radius 1 is 0.889 bits per heavy atom. The van der Waals surface area contributed by atoms with Gasteiger partial charge < -0.3 is 18.9 Å². The van der Waals surface area contributed by atoms with Crippen LogP contribution in [0.25, 0.3) is 0 Å². The third-order valence-corrected chi connectivity index (χ3v) is 2.12. The van der Waals surface area contributed by atoms with Crippen LogP contribution in [0.4, 0.5) is 0 Å². The number of hydrogen-bond donors (Lipinski definition) is 0. The number of rotatable bonds is 4. The van der Waals surface area contributed by atoms with Crippen molar-refractivity contribution in [3.05, 3.63) is 0 Å². The van der Waals surface area contributed by atoms with Crippen LogP contribution in [-0.2, 0) is 28.5 Å². The molecule has 1 aliphatic rings. The van der Waals surface area contributed by atoms with E-state index in [0.29, 0.717) is 0 Å². The van der Waals surface area contributed by atoms with Gasteiger partial charge in [-0.25, -0.2) is 9.59 Å². The lowest BCUT2D eigenvalue weighted by molar-refractivity contribution is -0.167. The van der Waals surface area contributed by atoms with Crippen molar-refractivity contribution in [1.29, 1.82) is 0 Å². The molecule has 0 aromatic carbocycles. The summed E-state index contributed by atoms with van der Waals surface area (Å²) < 4.78 is 20.5. The van der Waals surface area contributed by atoms with Crippen LogP contribution in [0.5, 0.6) is 0 Å². The molecule has 104 valence electrons. The quantitative estimate of drug-likeness (QED) is 0.703. The summed E-state index contributed by atoms with van der Waals surface area (Å²) in [6.45, 7) is 8.49. The molecular weight excluding hydrogens is 240 g/mol. The first-order valence-corrected chi connectivity index (χ1v) is 6.03. The fourth-order valence-corrected chi connectivity index (χ4v) is 1.54. The molecule has 0 aliphatic carbocycles. The average Bonchev–Trinajstić information content (AvgIpc) is 2.58. The molecule has 6 nitrogen and oxygen atoms in total. The zero-order valence-electron chi connectivity index (χ0n) is 11.3. The summed E-state index contributed by atoms with van der Waals surface area (Å²) in [5, 5.41) is 0. The van der Waals surface area contributed by atoms with Gasteiger partial charge in [0.25, 0.3) is 0 Å². The van der Waals surface area contributed by atoms with E-state index in [4.69, 9.17) is 18.9 Å². The smallest absolute Gasteiger partial charge is 0.339 e. The molecule has 0 unspecified atom stereocenters. The molecule has 2 atom stereocenters. The molecule has 1 rings (SSSR count). The predicted molar refractivity (Wildman–Crippen MR) is 61.7 cm³/mol. The molecule has 0 N–H and O–H groups in total. The van der Waals surface area contributed by atoms with E-state index in [-0.39, 0.29) is 12.2 Å². The molecule has 0 radical (unpaired) electrons. The number of carbonyl (C=O) groups excluding carboxylic acids is 2. The monoisotopic (exact) mass is 260 g/mol. The first kappa shape index (κ1) is 14.9. The van der Waals surface area contributed by atoms with Crippen LogP contribution in [0.1, 0.15) is 34.6 Å². The van der Waals surface area contributed by atoms with Gasteiger partial charge in [0, 0.05) is 0 Å². The van der Waals surface area contributed by atoms with E-state index in [9.17, 15) is 9.59 Å². The molecule has 0 amide bonds. The molecule has 0 spiro atoms. The second-order valence-electron chi connectivity index (χ2n) is 4.65. The topological polar surface area (TPSA) is 71.1 Å². The summed E-state index contributed by atoms with van der Waals surface area (Å²) in [6, 6.07) is 0. The summed E-state index contributed by atoms with van der Waals surface area (Å²) in [4.78, 5) is 23.5. The Hall–Kier alpha value is -1.14. The van der Waals surface area contributed by atoms with Crippen LogP contribution in [0.2, 0.25) is 0 Å². The van der Waals surface area contributed by atoms with Crippen molar-refractivity contribution in [2.75, 3.05) is 0 Å². The summed E-state index contributed by atoms with van der Waals surface area (Å²) >= 11 is 0. The minimum Gasteiger partial charge on any atom is -0.461 e. The second kappa shape index (κ2) is 6.15. The first-order chi connectivity index (χ1) is 8.31. The van der Waals surface area contributed by atoms with Gasteiger partial charge in [-0.2, -0.15) is 0 Å². The molecule has 0 aromatic heterocycles. The summed E-state index contributed by atoms with van der Waals surface area (Å²) in [5.41, 5.74) is 0. The van der Waals surface area contributed by atoms with Crippen LogP contribution in [0, 0.1) is 0 Å². The van der Waals surface area contributed by atoms with Crippen molar-refractivity contribution in [1.82, 2.24) is 0 Å². The molecule has 0 bridgehead atoms. The highest BCUT2D eigenvalue weighted by atomic mass is 16.8. The number of carbonyl (C=O) groups is 2. The van der Waals surface area contributed by atoms with Crippen LogP contribution in [0.3, 0.4) is 0 Å². The summed E-state index contributed by atoms with van der Waals surface area (Å²) in [5.74, 6) is -1.22. The standard InChI is InChI=1S/C12H20O6/c1-6(2)15-11(13)9-10(18-8(5)17-9)12(14)16-7(3)4/h6-10H,1-5H3/t9-,10-/m1/s1. The fourth-order valence-electron chi connectivity index (χ4n) is 1.54. The first-order valence-electron chi connectivity index (χ1n) is 6.03. The van der Waals surface area contributed by atoms with Gasteiger partial charge in [0.05, 0.1) is 12.2 Å². The van der Waals surface area contributed by atoms with Crippen molar-refractivity contribution in [3.63, 3.8) is 0 Å². The zero-order valence-corrected chi connectivity index (χ0v) is 11.3. The third-order valence-electron chi connectivity index (χ3n) is 2.12. The molecule has 18 heavy (non-hydrogen) atoms. The average molecular weight is 260 g/mol. The zero-order chi connectivity index (χ0) is 13.9. The Labute approximate surface area is 107 Å². The van der Waals surface area contributed by atoms with E-state index in [1.54, 1.807) is 34.6 Å². The lowest BCUT2D eigenvalue weighted by Gasteiger charge is -2.17. The molecule has 1 heterocycles. The number of esters is 2. The maximum atomic E-state index is 11.8. The highest BCUT2D eigenvalue weighted by molar-refractivity contribution is 5.86. The minimum absolute atomic E-state index is 0.279. The number of ether oxygens (including phenoxy) is 4. The van der Waals surface area contributed by atoms with E-state index in [1.807, 2.05) is 0 Å². The van der Waals surface area contributed by atoms with Gasteiger partial charge in [0.1, 0.15) is 0 Å². The Kier molecular flexibility index (Phi) is 5.10. The van der Waals surface area contributed by atoms with Crippen LogP contribution >= 0.6 is 0 Å². The molecule has 0 saturated carbocycles. The van der Waals surface area contributed by atoms with Crippen LogP contribution < -0.4 is 0 Å². The van der Waals surface area contributed by atoms with Crippen molar-refractivity contribution >= 4 is 11.9 Å². The largest absolute Gasteiger partial charge is 0.461 e. The highest BCUT2D eigenvalue weighted by Crippen LogP contribution is 2.22. The van der Waals surface area contributed by atoms with Gasteiger partial charge >= 0.3 is 11.9 Å². The normalized spacial score (nSPS) is 24.6. The highest BCUT2D eigenvalue weighted by Gasteiger charge is 2.46. The van der Waals surface area contributed by atoms with Gasteiger partial charge in [0.15, 0.2) is 18.5 Å². The maximum absolute atomic E-state index is 11.8. The SMILES string of the molecule is CC(C)OC(=O)[C@@H]1OC(C)O[C@H]1C(=O)OC(C)C. The van der Waals surface area contributed by atoms with Gasteiger partial charge in [-0.05, 0) is 34.6 Å². The van der Waals surface area contributed by atoms with Gasteiger partial charge in [-0.3, -0.25) is 0 Å². The van der Waals surface area contributed by atoms with E-state index < -0.39 is 30.4 Å². The lowest BCUT2D eigenvalue weighted by Crippen LogP contribution is -2.40. The van der Waals surface area contributed by atoms with Gasteiger partial charge in [0.2, 0.25) is 0 Å². The second-order valence-corrected chi connectivity index (χ2v) is 4.65. The molecule has 1 fully saturated rings. The van der Waals surface area contributed by atoms with E-state index in [1.165, 1.54) is 0 Å². The van der Waals surface area contributed by atoms with E-state index in [0.717, 1.165) is 0 Å².